The minimum absolute atomic E-state index is 1.08. The Morgan fingerprint density at radius 1 is 1.13 bits per heavy atom. The number of nitrogens with zero attached hydrogens (tertiary/aromatic N) is 1. The Morgan fingerprint density at radius 2 is 1.87 bits per heavy atom. The molecule has 0 bridgehead atoms. The lowest BCUT2D eigenvalue weighted by molar-refractivity contribution is -0.691. The summed E-state index contributed by atoms with van der Waals surface area (Å²) in [6.07, 6.45) is 4.37. The summed E-state index contributed by atoms with van der Waals surface area (Å²) in [5.41, 5.74) is 4.99. The predicted octanol–water partition coefficient (Wildman–Crippen LogP) is 2.84. The van der Waals surface area contributed by atoms with Gasteiger partial charge in [-0.3, -0.25) is 0 Å². The number of benzene rings is 1. The smallest absolute Gasteiger partial charge is 0.195 e. The molecule has 2 heteroatoms. The highest BCUT2D eigenvalue weighted by Gasteiger charge is 2.00. The van der Waals surface area contributed by atoms with Crippen LogP contribution in [0.1, 0.15) is 18.1 Å². The monoisotopic (exact) mass is 218 g/mol. The molecule has 0 radical (unpaired) electrons. The van der Waals surface area contributed by atoms with E-state index in [0.717, 1.165) is 19.4 Å². The Labute approximate surface area is 95.0 Å². The molecular formula is C13H16NS+. The highest BCUT2D eigenvalue weighted by Crippen LogP contribution is 2.05. The van der Waals surface area contributed by atoms with E-state index in [-0.39, 0.29) is 0 Å². The van der Waals surface area contributed by atoms with Crippen molar-refractivity contribution >= 4 is 11.3 Å². The van der Waals surface area contributed by atoms with Crippen LogP contribution in [0.5, 0.6) is 0 Å². The van der Waals surface area contributed by atoms with Crippen LogP contribution in [-0.4, -0.2) is 0 Å². The van der Waals surface area contributed by atoms with E-state index in [1.54, 1.807) is 11.3 Å². The van der Waals surface area contributed by atoms with Crippen molar-refractivity contribution in [2.45, 2.75) is 26.3 Å². The Bertz CT molecular complexity index is 389. The van der Waals surface area contributed by atoms with Gasteiger partial charge in [-0.2, -0.15) is 4.57 Å². The molecule has 0 amide bonds. The number of rotatable bonds is 4. The zero-order chi connectivity index (χ0) is 10.5. The molecule has 1 aromatic carbocycles. The molecule has 0 saturated carbocycles. The fraction of sp³-hybridized carbons (Fsp3) is 0.308. The molecule has 2 aromatic rings. The van der Waals surface area contributed by atoms with E-state index in [1.807, 2.05) is 0 Å². The third kappa shape index (κ3) is 2.90. The van der Waals surface area contributed by atoms with Crippen LogP contribution in [0, 0.1) is 0 Å². The fourth-order valence-electron chi connectivity index (χ4n) is 1.59. The Morgan fingerprint density at radius 3 is 2.47 bits per heavy atom. The maximum atomic E-state index is 2.24. The number of hydrogen-bond acceptors (Lipinski definition) is 1. The molecule has 1 nitrogen and oxygen atoms in total. The SMILES string of the molecule is CCc1ccc(CC[n+]2ccsc2)cc1. The molecular weight excluding hydrogens is 202 g/mol. The van der Waals surface area contributed by atoms with Crippen molar-refractivity contribution in [3.05, 3.63) is 52.5 Å². The number of aromatic nitrogens is 1. The lowest BCUT2D eigenvalue weighted by atomic mass is 10.1. The molecule has 1 heterocycles. The van der Waals surface area contributed by atoms with Gasteiger partial charge in [0, 0.05) is 6.42 Å². The van der Waals surface area contributed by atoms with Crippen molar-refractivity contribution < 1.29 is 4.57 Å². The van der Waals surface area contributed by atoms with Crippen LogP contribution in [0.2, 0.25) is 0 Å². The summed E-state index contributed by atoms with van der Waals surface area (Å²) < 4.78 is 2.23. The standard InChI is InChI=1S/C13H16NS/c1-2-12-3-5-13(6-4-12)7-8-14-9-10-15-11-14/h3-6,9-11H,2,7-8H2,1H3/q+1. The third-order valence-electron chi connectivity index (χ3n) is 2.62. The molecule has 0 aliphatic carbocycles. The molecule has 2 rings (SSSR count). The molecule has 1 aromatic heterocycles. The van der Waals surface area contributed by atoms with Crippen molar-refractivity contribution in [3.8, 4) is 0 Å². The van der Waals surface area contributed by atoms with Gasteiger partial charge in [-0.25, -0.2) is 0 Å². The molecule has 0 aliphatic rings. The summed E-state index contributed by atoms with van der Waals surface area (Å²) in [5.74, 6) is 0. The number of aryl methyl sites for hydroxylation is 3. The van der Waals surface area contributed by atoms with Gasteiger partial charge in [0.15, 0.2) is 12.7 Å². The second-order valence-electron chi connectivity index (χ2n) is 3.68. The van der Waals surface area contributed by atoms with Crippen molar-refractivity contribution in [3.63, 3.8) is 0 Å². The van der Waals surface area contributed by atoms with Gasteiger partial charge in [0.1, 0.15) is 0 Å². The first-order chi connectivity index (χ1) is 7.38. The van der Waals surface area contributed by atoms with Gasteiger partial charge in [0.25, 0.3) is 0 Å². The van der Waals surface area contributed by atoms with Crippen LogP contribution in [0.4, 0.5) is 0 Å². The van der Waals surface area contributed by atoms with Crippen LogP contribution in [-0.2, 0) is 19.4 Å². The zero-order valence-corrected chi connectivity index (χ0v) is 9.83. The summed E-state index contributed by atoms with van der Waals surface area (Å²) in [7, 11) is 0. The lowest BCUT2D eigenvalue weighted by Gasteiger charge is -1.99. The van der Waals surface area contributed by atoms with Crippen LogP contribution in [0.25, 0.3) is 0 Å². The summed E-state index contributed by atoms with van der Waals surface area (Å²) in [4.78, 5) is 0. The van der Waals surface area contributed by atoms with Gasteiger partial charge in [0.05, 0.1) is 5.38 Å². The summed E-state index contributed by atoms with van der Waals surface area (Å²) in [6.45, 7) is 3.27. The van der Waals surface area contributed by atoms with E-state index in [1.165, 1.54) is 11.1 Å². The Kier molecular flexibility index (Phi) is 3.51. The molecule has 78 valence electrons. The average Bonchev–Trinajstić information content (AvgIpc) is 2.80. The van der Waals surface area contributed by atoms with E-state index >= 15 is 0 Å². The average molecular weight is 218 g/mol. The van der Waals surface area contributed by atoms with Gasteiger partial charge < -0.3 is 0 Å². The van der Waals surface area contributed by atoms with Crippen molar-refractivity contribution in [1.29, 1.82) is 0 Å². The van der Waals surface area contributed by atoms with Crippen LogP contribution >= 0.6 is 11.3 Å². The van der Waals surface area contributed by atoms with E-state index in [2.05, 4.69) is 52.8 Å². The van der Waals surface area contributed by atoms with Crippen molar-refractivity contribution in [2.24, 2.45) is 0 Å². The molecule has 0 spiro atoms. The van der Waals surface area contributed by atoms with Gasteiger partial charge >= 0.3 is 0 Å². The largest absolute Gasteiger partial charge is 0.224 e. The Hall–Kier alpha value is -1.15. The minimum Gasteiger partial charge on any atom is -0.195 e. The predicted molar refractivity (Wildman–Crippen MR) is 64.0 cm³/mol. The second-order valence-corrected chi connectivity index (χ2v) is 4.44. The molecule has 0 atom stereocenters. The van der Waals surface area contributed by atoms with E-state index in [9.17, 15) is 0 Å². The first kappa shape index (κ1) is 10.4. The summed E-state index contributed by atoms with van der Waals surface area (Å²) >= 11 is 1.74. The fourth-order valence-corrected chi connectivity index (χ4v) is 2.22. The normalized spacial score (nSPS) is 10.5. The first-order valence-corrected chi connectivity index (χ1v) is 6.32. The molecule has 0 N–H and O–H groups in total. The summed E-state index contributed by atoms with van der Waals surface area (Å²) in [5, 5.41) is 2.11. The topological polar surface area (TPSA) is 3.88 Å². The van der Waals surface area contributed by atoms with E-state index in [4.69, 9.17) is 0 Å². The van der Waals surface area contributed by atoms with Crippen molar-refractivity contribution in [2.75, 3.05) is 0 Å². The third-order valence-corrected chi connectivity index (χ3v) is 3.29. The summed E-state index contributed by atoms with van der Waals surface area (Å²) in [6, 6.07) is 8.94. The first-order valence-electron chi connectivity index (χ1n) is 5.37. The lowest BCUT2D eigenvalue weighted by Crippen LogP contribution is -2.31. The second kappa shape index (κ2) is 5.08. The van der Waals surface area contributed by atoms with Gasteiger partial charge in [-0.1, -0.05) is 42.5 Å². The highest BCUT2D eigenvalue weighted by molar-refractivity contribution is 7.07. The maximum Gasteiger partial charge on any atom is 0.224 e. The van der Waals surface area contributed by atoms with E-state index < -0.39 is 0 Å². The zero-order valence-electron chi connectivity index (χ0n) is 9.02. The molecule has 15 heavy (non-hydrogen) atoms. The van der Waals surface area contributed by atoms with Gasteiger partial charge in [-0.15, -0.1) is 0 Å². The number of thiazole rings is 1. The maximum absolute atomic E-state index is 2.24. The van der Waals surface area contributed by atoms with Crippen molar-refractivity contribution in [1.82, 2.24) is 0 Å². The number of hydrogen-bond donors (Lipinski definition) is 0. The van der Waals surface area contributed by atoms with Gasteiger partial charge in [-0.05, 0) is 17.5 Å². The molecule has 0 unspecified atom stereocenters. The van der Waals surface area contributed by atoms with Gasteiger partial charge in [0.2, 0.25) is 5.51 Å². The van der Waals surface area contributed by atoms with Crippen LogP contribution in [0.15, 0.2) is 41.4 Å². The molecule has 0 aliphatic heterocycles. The Balaban J connectivity index is 1.93. The minimum atomic E-state index is 1.08. The molecule has 0 saturated heterocycles. The highest BCUT2D eigenvalue weighted by atomic mass is 32.1. The van der Waals surface area contributed by atoms with Crippen LogP contribution in [0.3, 0.4) is 0 Å². The van der Waals surface area contributed by atoms with E-state index in [0.29, 0.717) is 0 Å². The quantitative estimate of drug-likeness (QED) is 0.695. The molecule has 0 fully saturated rings. The van der Waals surface area contributed by atoms with Crippen LogP contribution < -0.4 is 4.57 Å².